The summed E-state index contributed by atoms with van der Waals surface area (Å²) in [5, 5.41) is 19.6. The minimum absolute atomic E-state index is 0.0855. The second kappa shape index (κ2) is 5.50. The first kappa shape index (κ1) is 14.1. The highest BCUT2D eigenvalue weighted by atomic mass is 16.5. The van der Waals surface area contributed by atoms with E-state index in [1.54, 1.807) is 19.2 Å². The van der Waals surface area contributed by atoms with Crippen molar-refractivity contribution in [3.05, 3.63) is 36.1 Å². The number of Topliss-reactive ketones (excluding diaryl/α,β-unsaturated/α-hetero) is 1. The topological polar surface area (TPSA) is 76.0 Å². The molecule has 4 unspecified atom stereocenters. The third-order valence-corrected chi connectivity index (χ3v) is 4.26. The zero-order valence-electron chi connectivity index (χ0n) is 11.7. The van der Waals surface area contributed by atoms with Gasteiger partial charge < -0.3 is 19.7 Å². The second-order valence-corrected chi connectivity index (χ2v) is 5.54. The van der Waals surface area contributed by atoms with Gasteiger partial charge in [0.15, 0.2) is 5.78 Å². The molecular formula is C16H18O5. The van der Waals surface area contributed by atoms with Crippen LogP contribution >= 0.6 is 0 Å². The quantitative estimate of drug-likeness (QED) is 0.863. The van der Waals surface area contributed by atoms with Crippen molar-refractivity contribution in [2.75, 3.05) is 7.11 Å². The molecule has 1 aromatic rings. The number of phenolic OH excluding ortho intramolecular Hbond substituents is 1. The molecule has 1 fully saturated rings. The molecule has 0 bridgehead atoms. The van der Waals surface area contributed by atoms with Gasteiger partial charge in [0.05, 0.1) is 30.0 Å². The van der Waals surface area contributed by atoms with E-state index in [2.05, 4.69) is 0 Å². The van der Waals surface area contributed by atoms with Gasteiger partial charge in [-0.3, -0.25) is 4.79 Å². The van der Waals surface area contributed by atoms with E-state index in [-0.39, 0.29) is 23.7 Å². The molecule has 0 amide bonds. The molecule has 3 rings (SSSR count). The number of phenols is 1. The Bertz CT molecular complexity index is 563. The number of benzene rings is 1. The molecule has 0 aromatic heterocycles. The molecule has 5 nitrogen and oxygen atoms in total. The molecule has 4 atom stereocenters. The van der Waals surface area contributed by atoms with Gasteiger partial charge in [0.1, 0.15) is 11.9 Å². The molecule has 1 saturated carbocycles. The lowest BCUT2D eigenvalue weighted by molar-refractivity contribution is -0.139. The average molecular weight is 290 g/mol. The molecule has 0 saturated heterocycles. The fraction of sp³-hybridized carbons (Fsp3) is 0.438. The molecule has 0 spiro atoms. The number of ketones is 1. The summed E-state index contributed by atoms with van der Waals surface area (Å²) in [7, 11) is 1.60. The standard InChI is InChI=1S/C16H18O5/c1-20-11-6-13(18)15-14(7-11)21-8-12(16(15)19)9-2-4-10(17)5-3-9/h2-5,8,11,13-15,17-18H,6-7H2,1H3. The number of methoxy groups -OCH3 is 1. The van der Waals surface area contributed by atoms with Crippen molar-refractivity contribution >= 4 is 11.4 Å². The summed E-state index contributed by atoms with van der Waals surface area (Å²) in [5.41, 5.74) is 1.11. The van der Waals surface area contributed by atoms with Crippen LogP contribution in [0.1, 0.15) is 18.4 Å². The Morgan fingerprint density at radius 3 is 2.62 bits per heavy atom. The van der Waals surface area contributed by atoms with Crippen molar-refractivity contribution in [3.8, 4) is 5.75 Å². The molecule has 5 heteroatoms. The average Bonchev–Trinajstić information content (AvgIpc) is 2.48. The molecular weight excluding hydrogens is 272 g/mol. The highest BCUT2D eigenvalue weighted by Crippen LogP contribution is 2.37. The Kier molecular flexibility index (Phi) is 3.69. The van der Waals surface area contributed by atoms with Crippen LogP contribution in [-0.2, 0) is 14.3 Å². The van der Waals surface area contributed by atoms with Crippen LogP contribution in [0.25, 0.3) is 5.57 Å². The number of hydrogen-bond acceptors (Lipinski definition) is 5. The molecule has 1 aliphatic carbocycles. The Balaban J connectivity index is 1.88. The summed E-state index contributed by atoms with van der Waals surface area (Å²) in [6.45, 7) is 0. The van der Waals surface area contributed by atoms with E-state index in [1.165, 1.54) is 18.4 Å². The highest BCUT2D eigenvalue weighted by Gasteiger charge is 2.45. The number of ether oxygens (including phenoxy) is 2. The van der Waals surface area contributed by atoms with Gasteiger partial charge in [-0.05, 0) is 17.7 Å². The summed E-state index contributed by atoms with van der Waals surface area (Å²) in [4.78, 5) is 12.6. The summed E-state index contributed by atoms with van der Waals surface area (Å²) in [6, 6.07) is 6.37. The van der Waals surface area contributed by atoms with Crippen molar-refractivity contribution in [3.63, 3.8) is 0 Å². The fourth-order valence-electron chi connectivity index (χ4n) is 3.09. The van der Waals surface area contributed by atoms with E-state index >= 15 is 0 Å². The monoisotopic (exact) mass is 290 g/mol. The van der Waals surface area contributed by atoms with Gasteiger partial charge >= 0.3 is 0 Å². The number of aromatic hydroxyl groups is 1. The SMILES string of the molecule is COC1CC(O)C2C(=O)C(c3ccc(O)cc3)=COC2C1. The Hall–Kier alpha value is -1.85. The van der Waals surface area contributed by atoms with E-state index < -0.39 is 12.0 Å². The number of carbonyl (C=O) groups is 1. The van der Waals surface area contributed by atoms with E-state index in [0.717, 1.165) is 0 Å². The summed E-state index contributed by atoms with van der Waals surface area (Å²) in [5.74, 6) is -0.522. The Morgan fingerprint density at radius 2 is 1.95 bits per heavy atom. The van der Waals surface area contributed by atoms with Crippen LogP contribution in [0.15, 0.2) is 30.5 Å². The summed E-state index contributed by atoms with van der Waals surface area (Å²) in [6.07, 6.45) is 1.31. The number of aliphatic hydroxyl groups excluding tert-OH is 1. The van der Waals surface area contributed by atoms with Crippen LogP contribution in [0.5, 0.6) is 5.75 Å². The van der Waals surface area contributed by atoms with Gasteiger partial charge in [-0.15, -0.1) is 0 Å². The largest absolute Gasteiger partial charge is 0.508 e. The molecule has 2 N–H and O–H groups in total. The van der Waals surface area contributed by atoms with Crippen LogP contribution in [0.2, 0.25) is 0 Å². The predicted molar refractivity (Wildman–Crippen MR) is 75.5 cm³/mol. The van der Waals surface area contributed by atoms with Gasteiger partial charge in [-0.25, -0.2) is 0 Å². The summed E-state index contributed by atoms with van der Waals surface area (Å²) < 4.78 is 10.9. The maximum absolute atomic E-state index is 12.6. The minimum atomic E-state index is -0.762. The van der Waals surface area contributed by atoms with E-state index in [4.69, 9.17) is 9.47 Å². The van der Waals surface area contributed by atoms with Gasteiger partial charge in [0, 0.05) is 20.0 Å². The third kappa shape index (κ3) is 2.54. The zero-order valence-corrected chi connectivity index (χ0v) is 11.7. The number of hydrogen-bond donors (Lipinski definition) is 2. The lowest BCUT2D eigenvalue weighted by Crippen LogP contribution is -2.49. The number of rotatable bonds is 2. The first-order valence-corrected chi connectivity index (χ1v) is 7.00. The molecule has 0 radical (unpaired) electrons. The Labute approximate surface area is 122 Å². The molecule has 1 aliphatic heterocycles. The lowest BCUT2D eigenvalue weighted by atomic mass is 9.76. The van der Waals surface area contributed by atoms with Crippen LogP contribution in [-0.4, -0.2) is 41.4 Å². The summed E-state index contributed by atoms with van der Waals surface area (Å²) >= 11 is 0. The minimum Gasteiger partial charge on any atom is -0.508 e. The van der Waals surface area contributed by atoms with E-state index in [1.807, 2.05) is 0 Å². The van der Waals surface area contributed by atoms with Crippen LogP contribution < -0.4 is 0 Å². The number of aliphatic hydroxyl groups is 1. The van der Waals surface area contributed by atoms with Gasteiger partial charge in [-0.2, -0.15) is 0 Å². The van der Waals surface area contributed by atoms with Gasteiger partial charge in [0.2, 0.25) is 0 Å². The fourth-order valence-corrected chi connectivity index (χ4v) is 3.09. The maximum atomic E-state index is 12.6. The van der Waals surface area contributed by atoms with Crippen molar-refractivity contribution in [2.24, 2.45) is 5.92 Å². The van der Waals surface area contributed by atoms with Crippen molar-refractivity contribution in [2.45, 2.75) is 31.2 Å². The molecule has 21 heavy (non-hydrogen) atoms. The highest BCUT2D eigenvalue weighted by molar-refractivity contribution is 6.22. The van der Waals surface area contributed by atoms with Crippen molar-refractivity contribution in [1.29, 1.82) is 0 Å². The van der Waals surface area contributed by atoms with E-state index in [0.29, 0.717) is 24.0 Å². The zero-order chi connectivity index (χ0) is 15.0. The smallest absolute Gasteiger partial charge is 0.175 e. The van der Waals surface area contributed by atoms with Crippen LogP contribution in [0, 0.1) is 5.92 Å². The third-order valence-electron chi connectivity index (χ3n) is 4.26. The van der Waals surface area contributed by atoms with Gasteiger partial charge in [-0.1, -0.05) is 12.1 Å². The lowest BCUT2D eigenvalue weighted by Gasteiger charge is -2.40. The molecule has 2 aliphatic rings. The molecule has 1 heterocycles. The Morgan fingerprint density at radius 1 is 1.24 bits per heavy atom. The second-order valence-electron chi connectivity index (χ2n) is 5.54. The number of carbonyl (C=O) groups excluding carboxylic acids is 1. The van der Waals surface area contributed by atoms with Crippen molar-refractivity contribution < 1.29 is 24.5 Å². The van der Waals surface area contributed by atoms with Crippen molar-refractivity contribution in [1.82, 2.24) is 0 Å². The number of fused-ring (bicyclic) bond motifs is 1. The normalized spacial score (nSPS) is 32.1. The molecule has 1 aromatic carbocycles. The van der Waals surface area contributed by atoms with Crippen LogP contribution in [0.3, 0.4) is 0 Å². The number of allylic oxidation sites excluding steroid dienone is 1. The van der Waals surface area contributed by atoms with Crippen LogP contribution in [0.4, 0.5) is 0 Å². The first-order chi connectivity index (χ1) is 10.1. The first-order valence-electron chi connectivity index (χ1n) is 7.00. The van der Waals surface area contributed by atoms with E-state index in [9.17, 15) is 15.0 Å². The predicted octanol–water partition coefficient (Wildman–Crippen LogP) is 1.49. The maximum Gasteiger partial charge on any atom is 0.175 e. The molecule has 112 valence electrons. The van der Waals surface area contributed by atoms with Gasteiger partial charge in [0.25, 0.3) is 0 Å².